The van der Waals surface area contributed by atoms with Gasteiger partial charge in [0.05, 0.1) is 5.56 Å². The van der Waals surface area contributed by atoms with Gasteiger partial charge >= 0.3 is 6.03 Å². The average Bonchev–Trinajstić information content (AvgIpc) is 2.85. The lowest BCUT2D eigenvalue weighted by Gasteiger charge is -2.13. The van der Waals surface area contributed by atoms with Crippen LogP contribution < -0.4 is 10.6 Å². The summed E-state index contributed by atoms with van der Waals surface area (Å²) in [6.45, 7) is 5.59. The number of amides is 3. The molecule has 0 atom stereocenters. The van der Waals surface area contributed by atoms with E-state index in [4.69, 9.17) is 0 Å². The Morgan fingerprint density at radius 3 is 2.29 bits per heavy atom. The van der Waals surface area contributed by atoms with Gasteiger partial charge in [0, 0.05) is 18.9 Å². The minimum atomic E-state index is -2.91. The number of hydrogen-bond acceptors (Lipinski definition) is 3. The third-order valence-electron chi connectivity index (χ3n) is 3.45. The van der Waals surface area contributed by atoms with E-state index >= 15 is 0 Å². The third kappa shape index (κ3) is 3.76. The average molecular weight is 336 g/mol. The summed E-state index contributed by atoms with van der Waals surface area (Å²) in [7, 11) is 1.42. The van der Waals surface area contributed by atoms with Gasteiger partial charge in [-0.25, -0.2) is 13.6 Å². The molecular weight excluding hydrogens is 318 g/mol. The molecule has 24 heavy (non-hydrogen) atoms. The molecule has 2 rings (SSSR count). The molecule has 8 heteroatoms. The molecule has 1 aromatic heterocycles. The molecule has 0 unspecified atom stereocenters. The van der Waals surface area contributed by atoms with Gasteiger partial charge in [-0.1, -0.05) is 17.7 Å². The Bertz CT molecular complexity index is 776. The molecule has 1 aromatic carbocycles. The quantitative estimate of drug-likeness (QED) is 0.903. The Morgan fingerprint density at radius 2 is 1.75 bits per heavy atom. The van der Waals surface area contributed by atoms with Crippen molar-refractivity contribution in [3.63, 3.8) is 0 Å². The summed E-state index contributed by atoms with van der Waals surface area (Å²) < 4.78 is 26.8. The molecule has 0 aliphatic heterocycles. The minimum absolute atomic E-state index is 0.333. The topological polar surface area (TPSA) is 76.0 Å². The number of aromatic nitrogens is 2. The van der Waals surface area contributed by atoms with E-state index in [1.54, 1.807) is 0 Å². The van der Waals surface area contributed by atoms with E-state index < -0.39 is 24.1 Å². The Labute approximate surface area is 137 Å². The van der Waals surface area contributed by atoms with Crippen LogP contribution in [0.1, 0.15) is 39.2 Å². The van der Waals surface area contributed by atoms with Crippen LogP contribution in [0.3, 0.4) is 0 Å². The minimum Gasteiger partial charge on any atom is -0.307 e. The first-order valence-electron chi connectivity index (χ1n) is 7.21. The zero-order chi connectivity index (χ0) is 18.0. The van der Waals surface area contributed by atoms with Crippen molar-refractivity contribution < 1.29 is 18.4 Å². The van der Waals surface area contributed by atoms with Crippen LogP contribution in [0.4, 0.5) is 19.3 Å². The molecule has 0 fully saturated rings. The number of aryl methyl sites for hydroxylation is 4. The van der Waals surface area contributed by atoms with Crippen LogP contribution in [0.15, 0.2) is 18.3 Å². The number of nitrogens with zero attached hydrogens (tertiary/aromatic N) is 2. The first-order valence-corrected chi connectivity index (χ1v) is 7.21. The smallest absolute Gasteiger partial charge is 0.307 e. The van der Waals surface area contributed by atoms with E-state index in [9.17, 15) is 18.4 Å². The van der Waals surface area contributed by atoms with Gasteiger partial charge < -0.3 is 5.32 Å². The molecule has 0 spiro atoms. The first-order chi connectivity index (χ1) is 11.2. The highest BCUT2D eigenvalue weighted by Gasteiger charge is 2.24. The van der Waals surface area contributed by atoms with E-state index in [2.05, 4.69) is 10.4 Å². The standard InChI is InChI=1S/C16H18F2N4O2/c1-8-5-9(2)12(10(3)6-8)19-16(24)20-15(23)11-7-22(4)21-13(11)14(17)18/h5-7,14H,1-4H3,(H2,19,20,23,24). The van der Waals surface area contributed by atoms with E-state index in [-0.39, 0.29) is 5.56 Å². The van der Waals surface area contributed by atoms with Crippen molar-refractivity contribution in [3.05, 3.63) is 46.3 Å². The van der Waals surface area contributed by atoms with Crippen molar-refractivity contribution in [2.24, 2.45) is 7.05 Å². The van der Waals surface area contributed by atoms with Gasteiger partial charge in [0.25, 0.3) is 12.3 Å². The Kier molecular flexibility index (Phi) is 4.96. The molecule has 0 saturated heterocycles. The van der Waals surface area contributed by atoms with Gasteiger partial charge in [-0.15, -0.1) is 0 Å². The number of imide groups is 1. The Balaban J connectivity index is 2.15. The maximum atomic E-state index is 12.9. The molecule has 0 radical (unpaired) electrons. The van der Waals surface area contributed by atoms with Crippen molar-refractivity contribution in [1.29, 1.82) is 0 Å². The fourth-order valence-electron chi connectivity index (χ4n) is 2.53. The first kappa shape index (κ1) is 17.6. The number of hydrogen-bond donors (Lipinski definition) is 2. The van der Waals surface area contributed by atoms with Crippen molar-refractivity contribution in [3.8, 4) is 0 Å². The zero-order valence-corrected chi connectivity index (χ0v) is 13.8. The predicted molar refractivity (Wildman–Crippen MR) is 85.3 cm³/mol. The normalized spacial score (nSPS) is 10.8. The van der Waals surface area contributed by atoms with E-state index in [1.165, 1.54) is 7.05 Å². The molecule has 128 valence electrons. The van der Waals surface area contributed by atoms with Crippen LogP contribution in [0.5, 0.6) is 0 Å². The largest absolute Gasteiger partial charge is 0.326 e. The van der Waals surface area contributed by atoms with Gasteiger partial charge in [0.2, 0.25) is 0 Å². The summed E-state index contributed by atoms with van der Waals surface area (Å²) in [4.78, 5) is 24.1. The van der Waals surface area contributed by atoms with E-state index in [1.807, 2.05) is 38.2 Å². The maximum Gasteiger partial charge on any atom is 0.326 e. The lowest BCUT2D eigenvalue weighted by atomic mass is 10.1. The third-order valence-corrected chi connectivity index (χ3v) is 3.45. The van der Waals surface area contributed by atoms with E-state index in [0.29, 0.717) is 5.69 Å². The molecule has 1 heterocycles. The lowest BCUT2D eigenvalue weighted by Crippen LogP contribution is -2.35. The number of urea groups is 1. The van der Waals surface area contributed by atoms with Crippen LogP contribution in [0, 0.1) is 20.8 Å². The van der Waals surface area contributed by atoms with Gasteiger partial charge in [0.15, 0.2) is 0 Å². The van der Waals surface area contributed by atoms with Crippen molar-refractivity contribution in [2.45, 2.75) is 27.2 Å². The van der Waals surface area contributed by atoms with Gasteiger partial charge in [-0.3, -0.25) is 14.8 Å². The van der Waals surface area contributed by atoms with Gasteiger partial charge in [0.1, 0.15) is 5.69 Å². The van der Waals surface area contributed by atoms with Crippen molar-refractivity contribution in [1.82, 2.24) is 15.1 Å². The molecule has 6 nitrogen and oxygen atoms in total. The van der Waals surface area contributed by atoms with Crippen LogP contribution in [-0.4, -0.2) is 21.7 Å². The van der Waals surface area contributed by atoms with Gasteiger partial charge in [-0.05, 0) is 31.9 Å². The second-order valence-electron chi connectivity index (χ2n) is 5.58. The number of alkyl halides is 2. The summed E-state index contributed by atoms with van der Waals surface area (Å²) in [5.74, 6) is -0.932. The van der Waals surface area contributed by atoms with Gasteiger partial charge in [-0.2, -0.15) is 5.10 Å². The highest BCUT2D eigenvalue weighted by molar-refractivity contribution is 6.08. The van der Waals surface area contributed by atoms with Crippen LogP contribution in [0.2, 0.25) is 0 Å². The molecule has 0 aliphatic rings. The fraction of sp³-hybridized carbons (Fsp3) is 0.312. The summed E-state index contributed by atoms with van der Waals surface area (Å²) in [5.41, 5.74) is 2.30. The number of carbonyl (C=O) groups is 2. The molecule has 3 amide bonds. The van der Waals surface area contributed by atoms with Crippen molar-refractivity contribution in [2.75, 3.05) is 5.32 Å². The monoisotopic (exact) mass is 336 g/mol. The highest BCUT2D eigenvalue weighted by atomic mass is 19.3. The van der Waals surface area contributed by atoms with Crippen LogP contribution >= 0.6 is 0 Å². The molecular formula is C16H18F2N4O2. The number of rotatable bonds is 3. The number of benzene rings is 1. The highest BCUT2D eigenvalue weighted by Crippen LogP contribution is 2.22. The number of halogens is 2. The fourth-order valence-corrected chi connectivity index (χ4v) is 2.53. The zero-order valence-electron chi connectivity index (χ0n) is 13.8. The number of carbonyl (C=O) groups excluding carboxylic acids is 2. The SMILES string of the molecule is Cc1cc(C)c(NC(=O)NC(=O)c2cn(C)nc2C(F)F)c(C)c1. The summed E-state index contributed by atoms with van der Waals surface area (Å²) in [6.07, 6.45) is -1.76. The Hall–Kier alpha value is -2.77. The van der Waals surface area contributed by atoms with Crippen molar-refractivity contribution >= 4 is 17.6 Å². The second kappa shape index (κ2) is 6.77. The molecule has 2 N–H and O–H groups in total. The molecule has 2 aromatic rings. The number of anilines is 1. The molecule has 0 aliphatic carbocycles. The summed E-state index contributed by atoms with van der Waals surface area (Å²) >= 11 is 0. The molecule has 0 saturated carbocycles. The van der Waals surface area contributed by atoms with E-state index in [0.717, 1.165) is 27.6 Å². The van der Waals surface area contributed by atoms with Crippen LogP contribution in [-0.2, 0) is 7.05 Å². The second-order valence-corrected chi connectivity index (χ2v) is 5.58. The predicted octanol–water partition coefficient (Wildman–Crippen LogP) is 3.24. The molecule has 0 bridgehead atoms. The maximum absolute atomic E-state index is 12.9. The lowest BCUT2D eigenvalue weighted by molar-refractivity contribution is 0.0952. The van der Waals surface area contributed by atoms with Crippen LogP contribution in [0.25, 0.3) is 0 Å². The summed E-state index contributed by atoms with van der Waals surface area (Å²) in [5, 5.41) is 8.16. The Morgan fingerprint density at radius 1 is 1.17 bits per heavy atom. The summed E-state index contributed by atoms with van der Waals surface area (Å²) in [6, 6.07) is 2.99. The number of nitrogens with one attached hydrogen (secondary N) is 2.